The summed E-state index contributed by atoms with van der Waals surface area (Å²) in [6.45, 7) is 0. The van der Waals surface area contributed by atoms with Crippen molar-refractivity contribution < 1.29 is 19.8 Å². The summed E-state index contributed by atoms with van der Waals surface area (Å²) in [5, 5.41) is 20.1. The van der Waals surface area contributed by atoms with E-state index in [9.17, 15) is 14.7 Å². The van der Waals surface area contributed by atoms with Gasteiger partial charge in [-0.05, 0) is 46.2 Å². The molecular weight excluding hydrogens is 280 g/mol. The zero-order valence-electron chi connectivity index (χ0n) is 11.5. The third-order valence-corrected chi connectivity index (χ3v) is 3.60. The fraction of sp³-hybridized carbons (Fsp3) is 0. The fourth-order valence-electron chi connectivity index (χ4n) is 2.51. The van der Waals surface area contributed by atoms with Gasteiger partial charge in [0.1, 0.15) is 5.75 Å². The third-order valence-electron chi connectivity index (χ3n) is 3.60. The molecule has 0 heterocycles. The van der Waals surface area contributed by atoms with Gasteiger partial charge in [-0.15, -0.1) is 0 Å². The van der Waals surface area contributed by atoms with Crippen LogP contribution >= 0.6 is 0 Å². The van der Waals surface area contributed by atoms with Gasteiger partial charge in [-0.1, -0.05) is 30.3 Å². The molecule has 22 heavy (non-hydrogen) atoms. The van der Waals surface area contributed by atoms with Crippen molar-refractivity contribution in [3.8, 4) is 16.9 Å². The van der Waals surface area contributed by atoms with Crippen LogP contribution in [0.4, 0.5) is 0 Å². The van der Waals surface area contributed by atoms with Crippen molar-refractivity contribution in [3.05, 3.63) is 65.7 Å². The first-order valence-corrected chi connectivity index (χ1v) is 6.65. The summed E-state index contributed by atoms with van der Waals surface area (Å²) in [6.07, 6.45) is 0.749. The standard InChI is InChI=1S/C18H12O4/c19-10-13-5-7-15(16-8-6-14(20)9-17(13)16)11-1-3-12(4-2-11)18(21)22/h1-10,20H,(H,21,22). The van der Waals surface area contributed by atoms with Crippen LogP contribution in [0.5, 0.6) is 5.75 Å². The van der Waals surface area contributed by atoms with Gasteiger partial charge in [0.25, 0.3) is 0 Å². The van der Waals surface area contributed by atoms with Gasteiger partial charge in [0.05, 0.1) is 5.56 Å². The first kappa shape index (κ1) is 13.8. The van der Waals surface area contributed by atoms with Crippen LogP contribution in [0.15, 0.2) is 54.6 Å². The predicted octanol–water partition coefficient (Wildman–Crippen LogP) is 3.72. The summed E-state index contributed by atoms with van der Waals surface area (Å²) >= 11 is 0. The molecular formula is C18H12O4. The lowest BCUT2D eigenvalue weighted by Crippen LogP contribution is -1.95. The molecule has 0 aromatic heterocycles. The monoisotopic (exact) mass is 292 g/mol. The molecule has 3 aromatic rings. The van der Waals surface area contributed by atoms with Crippen molar-refractivity contribution in [2.24, 2.45) is 0 Å². The average molecular weight is 292 g/mol. The lowest BCUT2D eigenvalue weighted by atomic mass is 9.94. The maximum Gasteiger partial charge on any atom is 0.335 e. The van der Waals surface area contributed by atoms with Crippen molar-refractivity contribution in [3.63, 3.8) is 0 Å². The van der Waals surface area contributed by atoms with Crippen LogP contribution in [0, 0.1) is 0 Å². The summed E-state index contributed by atoms with van der Waals surface area (Å²) in [6, 6.07) is 14.9. The van der Waals surface area contributed by atoms with Gasteiger partial charge in [-0.3, -0.25) is 4.79 Å². The van der Waals surface area contributed by atoms with Gasteiger partial charge in [-0.2, -0.15) is 0 Å². The first-order valence-electron chi connectivity index (χ1n) is 6.65. The van der Waals surface area contributed by atoms with Crippen LogP contribution < -0.4 is 0 Å². The maximum atomic E-state index is 11.2. The molecule has 2 N–H and O–H groups in total. The number of fused-ring (bicyclic) bond motifs is 1. The Bertz CT molecular complexity index is 879. The molecule has 0 aliphatic carbocycles. The third kappa shape index (κ3) is 2.31. The highest BCUT2D eigenvalue weighted by Crippen LogP contribution is 2.32. The second-order valence-electron chi connectivity index (χ2n) is 4.93. The van der Waals surface area contributed by atoms with Crippen LogP contribution in [0.25, 0.3) is 21.9 Å². The minimum atomic E-state index is -0.974. The van der Waals surface area contributed by atoms with E-state index in [2.05, 4.69) is 0 Å². The second-order valence-corrected chi connectivity index (χ2v) is 4.93. The highest BCUT2D eigenvalue weighted by molar-refractivity contribution is 6.05. The number of aldehydes is 1. The van der Waals surface area contributed by atoms with E-state index in [0.29, 0.717) is 10.9 Å². The topological polar surface area (TPSA) is 74.6 Å². The summed E-state index contributed by atoms with van der Waals surface area (Å²) < 4.78 is 0. The molecule has 0 aliphatic heterocycles. The molecule has 0 unspecified atom stereocenters. The molecule has 0 bridgehead atoms. The van der Waals surface area contributed by atoms with E-state index in [-0.39, 0.29) is 11.3 Å². The first-order chi connectivity index (χ1) is 10.6. The number of aromatic hydroxyl groups is 1. The van der Waals surface area contributed by atoms with Gasteiger partial charge in [0, 0.05) is 5.56 Å². The molecule has 0 atom stereocenters. The van der Waals surface area contributed by atoms with Crippen molar-refractivity contribution in [1.29, 1.82) is 0 Å². The Balaban J connectivity index is 2.23. The van der Waals surface area contributed by atoms with Crippen molar-refractivity contribution in [2.75, 3.05) is 0 Å². The second kappa shape index (κ2) is 5.33. The Hall–Kier alpha value is -3.14. The van der Waals surface area contributed by atoms with Gasteiger partial charge in [0.2, 0.25) is 0 Å². The number of hydrogen-bond donors (Lipinski definition) is 2. The Morgan fingerprint density at radius 1 is 0.909 bits per heavy atom. The van der Waals surface area contributed by atoms with Crippen LogP contribution in [0.3, 0.4) is 0 Å². The van der Waals surface area contributed by atoms with Crippen molar-refractivity contribution in [2.45, 2.75) is 0 Å². The molecule has 0 radical (unpaired) electrons. The number of carbonyl (C=O) groups is 2. The minimum absolute atomic E-state index is 0.0916. The van der Waals surface area contributed by atoms with Crippen LogP contribution in [0.1, 0.15) is 20.7 Å². The van der Waals surface area contributed by atoms with Crippen molar-refractivity contribution >= 4 is 23.0 Å². The number of carboxylic acids is 1. The van der Waals surface area contributed by atoms with Gasteiger partial charge in [-0.25, -0.2) is 4.79 Å². The van der Waals surface area contributed by atoms with Gasteiger partial charge in [0.15, 0.2) is 6.29 Å². The summed E-state index contributed by atoms with van der Waals surface area (Å²) in [5.41, 5.74) is 2.43. The quantitative estimate of drug-likeness (QED) is 0.721. The highest BCUT2D eigenvalue weighted by Gasteiger charge is 2.09. The van der Waals surface area contributed by atoms with Crippen LogP contribution in [0.2, 0.25) is 0 Å². The van der Waals surface area contributed by atoms with Crippen molar-refractivity contribution in [1.82, 2.24) is 0 Å². The van der Waals surface area contributed by atoms with Gasteiger partial charge >= 0.3 is 5.97 Å². The molecule has 0 saturated heterocycles. The Labute approximate surface area is 126 Å². The summed E-state index contributed by atoms with van der Waals surface area (Å²) in [7, 11) is 0. The van der Waals surface area contributed by atoms with Gasteiger partial charge < -0.3 is 10.2 Å². The van der Waals surface area contributed by atoms with E-state index in [0.717, 1.165) is 22.8 Å². The van der Waals surface area contributed by atoms with E-state index in [1.807, 2.05) is 6.07 Å². The molecule has 0 saturated carbocycles. The molecule has 108 valence electrons. The zero-order chi connectivity index (χ0) is 15.7. The number of benzene rings is 3. The lowest BCUT2D eigenvalue weighted by Gasteiger charge is -2.09. The van der Waals surface area contributed by atoms with E-state index in [1.54, 1.807) is 36.4 Å². The predicted molar refractivity (Wildman–Crippen MR) is 83.4 cm³/mol. The Morgan fingerprint density at radius 2 is 1.64 bits per heavy atom. The molecule has 3 aromatic carbocycles. The smallest absolute Gasteiger partial charge is 0.335 e. The molecule has 4 heteroatoms. The fourth-order valence-corrected chi connectivity index (χ4v) is 2.51. The van der Waals surface area contributed by atoms with Crippen LogP contribution in [-0.4, -0.2) is 22.5 Å². The molecule has 3 rings (SSSR count). The summed E-state index contributed by atoms with van der Waals surface area (Å²) in [5.74, 6) is -0.883. The number of rotatable bonds is 3. The molecule has 0 aliphatic rings. The van der Waals surface area contributed by atoms with E-state index >= 15 is 0 Å². The highest BCUT2D eigenvalue weighted by atomic mass is 16.4. The SMILES string of the molecule is O=Cc1ccc(-c2ccc(C(=O)O)cc2)c2ccc(O)cc12. The largest absolute Gasteiger partial charge is 0.508 e. The molecule has 0 amide bonds. The average Bonchev–Trinajstić information content (AvgIpc) is 2.53. The summed E-state index contributed by atoms with van der Waals surface area (Å²) in [4.78, 5) is 22.1. The number of phenols is 1. The van der Waals surface area contributed by atoms with E-state index < -0.39 is 5.97 Å². The normalized spacial score (nSPS) is 10.5. The number of hydrogen-bond acceptors (Lipinski definition) is 3. The van der Waals surface area contributed by atoms with E-state index in [4.69, 9.17) is 5.11 Å². The number of carboxylic acid groups (broad SMARTS) is 1. The maximum absolute atomic E-state index is 11.2. The Kier molecular flexibility index (Phi) is 3.35. The molecule has 0 spiro atoms. The molecule has 0 fully saturated rings. The number of aromatic carboxylic acids is 1. The molecule has 4 nitrogen and oxygen atoms in total. The van der Waals surface area contributed by atoms with E-state index in [1.165, 1.54) is 12.1 Å². The van der Waals surface area contributed by atoms with Crippen LogP contribution in [-0.2, 0) is 0 Å². The zero-order valence-corrected chi connectivity index (χ0v) is 11.5. The lowest BCUT2D eigenvalue weighted by molar-refractivity contribution is 0.0696. The number of phenolic OH excluding ortho intramolecular Hbond substituents is 1. The minimum Gasteiger partial charge on any atom is -0.508 e. The Morgan fingerprint density at radius 3 is 2.27 bits per heavy atom. The number of carbonyl (C=O) groups excluding carboxylic acids is 1.